The zero-order valence-electron chi connectivity index (χ0n) is 11.2. The van der Waals surface area contributed by atoms with E-state index in [2.05, 4.69) is 9.59 Å². The van der Waals surface area contributed by atoms with Gasteiger partial charge >= 0.3 is 0 Å². The molecule has 110 valence electrons. The third-order valence-corrected chi connectivity index (χ3v) is 6.89. The first-order valence-corrected chi connectivity index (χ1v) is 8.85. The normalized spacial score (nSPS) is 21.1. The molecule has 0 bridgehead atoms. The summed E-state index contributed by atoms with van der Waals surface area (Å²) < 4.78 is 29.5. The van der Waals surface area contributed by atoms with Crippen LogP contribution < -0.4 is 0 Å². The Labute approximate surface area is 121 Å². The number of hydrogen-bond acceptors (Lipinski definition) is 6. The second kappa shape index (κ2) is 5.05. The average molecular weight is 316 g/mol. The maximum Gasteiger partial charge on any atom is 0.267 e. The van der Waals surface area contributed by atoms with Gasteiger partial charge < -0.3 is 4.90 Å². The number of sulfonamides is 1. The molecule has 2 aliphatic rings. The maximum absolute atomic E-state index is 12.3. The minimum absolute atomic E-state index is 0.0963. The van der Waals surface area contributed by atoms with E-state index in [0.717, 1.165) is 24.4 Å². The van der Waals surface area contributed by atoms with E-state index >= 15 is 0 Å². The number of nitrogens with zero attached hydrogens (tertiary/aromatic N) is 4. The molecule has 9 heteroatoms. The smallest absolute Gasteiger partial charge is 0.267 e. The van der Waals surface area contributed by atoms with Crippen molar-refractivity contribution in [3.05, 3.63) is 10.6 Å². The molecular formula is C11H16N4O3S2. The molecule has 1 aromatic heterocycles. The second-order valence-electron chi connectivity index (χ2n) is 5.12. The molecule has 0 aromatic carbocycles. The lowest BCUT2D eigenvalue weighted by Gasteiger charge is -2.33. The van der Waals surface area contributed by atoms with E-state index in [1.54, 1.807) is 11.8 Å². The van der Waals surface area contributed by atoms with Gasteiger partial charge in [0.2, 0.25) is 10.0 Å². The number of rotatable bonds is 3. The van der Waals surface area contributed by atoms with Gasteiger partial charge in [0.25, 0.3) is 5.91 Å². The Kier molecular flexibility index (Phi) is 3.51. The van der Waals surface area contributed by atoms with Crippen LogP contribution in [0.25, 0.3) is 0 Å². The highest BCUT2D eigenvalue weighted by Crippen LogP contribution is 2.31. The zero-order chi connectivity index (χ0) is 14.3. The minimum Gasteiger partial charge on any atom is -0.335 e. The first kappa shape index (κ1) is 13.9. The molecule has 7 nitrogen and oxygen atoms in total. The molecule has 0 atom stereocenters. The van der Waals surface area contributed by atoms with Gasteiger partial charge in [-0.05, 0) is 31.3 Å². The monoisotopic (exact) mass is 316 g/mol. The molecule has 2 fully saturated rings. The van der Waals surface area contributed by atoms with Gasteiger partial charge in [-0.3, -0.25) is 4.79 Å². The van der Waals surface area contributed by atoms with Crippen LogP contribution in [0.1, 0.15) is 28.2 Å². The molecule has 1 aromatic rings. The van der Waals surface area contributed by atoms with Crippen molar-refractivity contribution in [1.82, 2.24) is 18.8 Å². The van der Waals surface area contributed by atoms with Crippen molar-refractivity contribution in [1.29, 1.82) is 0 Å². The fraction of sp³-hybridized carbons (Fsp3) is 0.727. The summed E-state index contributed by atoms with van der Waals surface area (Å²) in [5.74, 6) is -0.0963. The third-order valence-electron chi connectivity index (χ3n) is 3.68. The van der Waals surface area contributed by atoms with Crippen LogP contribution in [0.5, 0.6) is 0 Å². The van der Waals surface area contributed by atoms with Gasteiger partial charge in [0.1, 0.15) is 4.88 Å². The van der Waals surface area contributed by atoms with Gasteiger partial charge in [-0.1, -0.05) is 4.49 Å². The van der Waals surface area contributed by atoms with Crippen LogP contribution in [0.2, 0.25) is 0 Å². The predicted octanol–water partition coefficient (Wildman–Crippen LogP) is 0.0965. The van der Waals surface area contributed by atoms with E-state index in [-0.39, 0.29) is 11.2 Å². The molecule has 1 saturated heterocycles. The second-order valence-corrected chi connectivity index (χ2v) is 8.09. The minimum atomic E-state index is -3.13. The number of amides is 1. The number of piperazine rings is 1. The summed E-state index contributed by atoms with van der Waals surface area (Å²) in [5, 5.41) is 3.65. The molecule has 1 aliphatic carbocycles. The van der Waals surface area contributed by atoms with Crippen molar-refractivity contribution in [2.24, 2.45) is 0 Å². The predicted molar refractivity (Wildman–Crippen MR) is 74.1 cm³/mol. The van der Waals surface area contributed by atoms with Crippen molar-refractivity contribution >= 4 is 27.5 Å². The van der Waals surface area contributed by atoms with Crippen LogP contribution in [0.15, 0.2) is 0 Å². The summed E-state index contributed by atoms with van der Waals surface area (Å²) in [6.07, 6.45) is 1.54. The number of aromatic nitrogens is 2. The van der Waals surface area contributed by atoms with Gasteiger partial charge in [0.05, 0.1) is 10.9 Å². The maximum atomic E-state index is 12.3. The lowest BCUT2D eigenvalue weighted by Crippen LogP contribution is -2.51. The number of carbonyl (C=O) groups excluding carboxylic acids is 1. The van der Waals surface area contributed by atoms with Gasteiger partial charge in [-0.2, -0.15) is 4.31 Å². The molecule has 0 spiro atoms. The zero-order valence-corrected chi connectivity index (χ0v) is 12.8. The highest BCUT2D eigenvalue weighted by Gasteiger charge is 2.41. The molecule has 2 heterocycles. The first-order chi connectivity index (χ1) is 9.50. The standard InChI is InChI=1S/C11H16N4O3S2/c1-8-10(19-13-12-8)11(16)14-4-6-15(7-5-14)20(17,18)9-2-3-9/h9H,2-7H2,1H3. The van der Waals surface area contributed by atoms with Gasteiger partial charge in [-0.25, -0.2) is 8.42 Å². The Morgan fingerprint density at radius 3 is 2.40 bits per heavy atom. The van der Waals surface area contributed by atoms with E-state index in [9.17, 15) is 13.2 Å². The van der Waals surface area contributed by atoms with Crippen molar-refractivity contribution in [2.75, 3.05) is 26.2 Å². The summed E-state index contributed by atoms with van der Waals surface area (Å²) in [6.45, 7) is 3.39. The first-order valence-electron chi connectivity index (χ1n) is 6.57. The highest BCUT2D eigenvalue weighted by atomic mass is 32.2. The van der Waals surface area contributed by atoms with Crippen LogP contribution in [-0.2, 0) is 10.0 Å². The number of carbonyl (C=O) groups is 1. The van der Waals surface area contributed by atoms with Crippen molar-refractivity contribution < 1.29 is 13.2 Å². The van der Waals surface area contributed by atoms with E-state index in [4.69, 9.17) is 0 Å². The molecular weight excluding hydrogens is 300 g/mol. The highest BCUT2D eigenvalue weighted by molar-refractivity contribution is 7.90. The molecule has 3 rings (SSSR count). The molecule has 20 heavy (non-hydrogen) atoms. The Morgan fingerprint density at radius 2 is 1.90 bits per heavy atom. The van der Waals surface area contributed by atoms with E-state index < -0.39 is 10.0 Å². The van der Waals surface area contributed by atoms with E-state index in [0.29, 0.717) is 36.8 Å². The fourth-order valence-electron chi connectivity index (χ4n) is 2.29. The molecule has 0 radical (unpaired) electrons. The molecule has 1 saturated carbocycles. The molecule has 0 N–H and O–H groups in total. The molecule has 1 aliphatic heterocycles. The van der Waals surface area contributed by atoms with Crippen LogP contribution in [0.3, 0.4) is 0 Å². The molecule has 0 unspecified atom stereocenters. The number of aryl methyl sites for hydroxylation is 1. The fourth-order valence-corrected chi connectivity index (χ4v) is 4.74. The lowest BCUT2D eigenvalue weighted by atomic mass is 10.3. The van der Waals surface area contributed by atoms with Gasteiger partial charge in [0, 0.05) is 26.2 Å². The van der Waals surface area contributed by atoms with Crippen LogP contribution in [0, 0.1) is 6.92 Å². The summed E-state index contributed by atoms with van der Waals surface area (Å²) in [4.78, 5) is 14.5. The Bertz CT molecular complexity index is 615. The number of hydrogen-bond donors (Lipinski definition) is 0. The van der Waals surface area contributed by atoms with E-state index in [1.807, 2.05) is 0 Å². The summed E-state index contributed by atoms with van der Waals surface area (Å²) in [5.41, 5.74) is 0.632. The van der Waals surface area contributed by atoms with Crippen LogP contribution in [0.4, 0.5) is 0 Å². The average Bonchev–Trinajstić information content (AvgIpc) is 3.22. The molecule has 1 amide bonds. The Morgan fingerprint density at radius 1 is 1.25 bits per heavy atom. The largest absolute Gasteiger partial charge is 0.335 e. The van der Waals surface area contributed by atoms with Crippen molar-refractivity contribution in [3.8, 4) is 0 Å². The summed E-state index contributed by atoms with van der Waals surface area (Å²) in [7, 11) is -3.13. The van der Waals surface area contributed by atoms with Crippen LogP contribution >= 0.6 is 11.5 Å². The van der Waals surface area contributed by atoms with Crippen molar-refractivity contribution in [2.45, 2.75) is 25.0 Å². The summed E-state index contributed by atoms with van der Waals surface area (Å²) in [6, 6.07) is 0. The lowest BCUT2D eigenvalue weighted by molar-refractivity contribution is 0.0702. The van der Waals surface area contributed by atoms with Gasteiger partial charge in [0.15, 0.2) is 0 Å². The Hall–Kier alpha value is -1.06. The van der Waals surface area contributed by atoms with Gasteiger partial charge in [-0.15, -0.1) is 5.10 Å². The topological polar surface area (TPSA) is 83.5 Å². The SMILES string of the molecule is Cc1nnsc1C(=O)N1CCN(S(=O)(=O)C2CC2)CC1. The van der Waals surface area contributed by atoms with Crippen molar-refractivity contribution in [3.63, 3.8) is 0 Å². The van der Waals surface area contributed by atoms with Crippen LogP contribution in [-0.4, -0.2) is 64.5 Å². The summed E-state index contributed by atoms with van der Waals surface area (Å²) >= 11 is 1.09. The third kappa shape index (κ3) is 2.45. The Balaban J connectivity index is 1.64. The quantitative estimate of drug-likeness (QED) is 0.789. The van der Waals surface area contributed by atoms with E-state index in [1.165, 1.54) is 4.31 Å².